The van der Waals surface area contributed by atoms with Gasteiger partial charge in [-0.25, -0.2) is 4.98 Å². The number of aromatic nitrogens is 2. The fraction of sp³-hybridized carbons (Fsp3) is 0.222. The number of benzene rings is 1. The summed E-state index contributed by atoms with van der Waals surface area (Å²) in [5.74, 6) is 0.287. The van der Waals surface area contributed by atoms with Crippen LogP contribution in [0.25, 0.3) is 5.65 Å². The first-order valence-electron chi connectivity index (χ1n) is 8.03. The molecule has 0 radical (unpaired) electrons. The van der Waals surface area contributed by atoms with Crippen molar-refractivity contribution >= 4 is 22.9 Å². The highest BCUT2D eigenvalue weighted by Crippen LogP contribution is 2.35. The summed E-state index contributed by atoms with van der Waals surface area (Å²) in [6, 6.07) is 7.67. The molecular formula is C18H15ClF3N3O2. The van der Waals surface area contributed by atoms with Crippen molar-refractivity contribution in [3.63, 3.8) is 0 Å². The van der Waals surface area contributed by atoms with Gasteiger partial charge in [0, 0.05) is 12.3 Å². The van der Waals surface area contributed by atoms with Crippen molar-refractivity contribution in [1.82, 2.24) is 9.38 Å². The van der Waals surface area contributed by atoms with E-state index in [1.54, 1.807) is 19.1 Å². The first-order chi connectivity index (χ1) is 12.8. The molecule has 0 aliphatic carbocycles. The van der Waals surface area contributed by atoms with Crippen LogP contribution in [-0.2, 0) is 12.7 Å². The number of anilines is 1. The highest BCUT2D eigenvalue weighted by molar-refractivity contribution is 6.30. The number of ether oxygens (including phenoxy) is 1. The minimum atomic E-state index is -4.47. The van der Waals surface area contributed by atoms with E-state index < -0.39 is 11.7 Å². The number of nitrogens with zero attached hydrogens (tertiary/aromatic N) is 2. The summed E-state index contributed by atoms with van der Waals surface area (Å²) in [5.41, 5.74) is -0.201. The van der Waals surface area contributed by atoms with Crippen LogP contribution >= 0.6 is 11.6 Å². The van der Waals surface area contributed by atoms with E-state index in [1.165, 1.54) is 22.7 Å². The summed E-state index contributed by atoms with van der Waals surface area (Å²) in [5, 5.41) is 3.26. The van der Waals surface area contributed by atoms with Gasteiger partial charge in [-0.15, -0.1) is 0 Å². The van der Waals surface area contributed by atoms with Crippen LogP contribution in [0.2, 0.25) is 5.02 Å². The van der Waals surface area contributed by atoms with E-state index in [0.717, 1.165) is 12.1 Å². The highest BCUT2D eigenvalue weighted by Gasteiger charge is 2.31. The van der Waals surface area contributed by atoms with E-state index in [4.69, 9.17) is 16.3 Å². The Morgan fingerprint density at radius 2 is 2.00 bits per heavy atom. The third-order valence-electron chi connectivity index (χ3n) is 3.74. The minimum Gasteiger partial charge on any atom is -0.492 e. The number of hydrogen-bond donors (Lipinski definition) is 1. The molecule has 2 heterocycles. The summed E-state index contributed by atoms with van der Waals surface area (Å²) in [6.45, 7) is 2.09. The number of halogens is 4. The summed E-state index contributed by atoms with van der Waals surface area (Å²) >= 11 is 5.86. The number of pyridine rings is 1. The van der Waals surface area contributed by atoms with Crippen LogP contribution in [0.15, 0.2) is 47.4 Å². The summed E-state index contributed by atoms with van der Waals surface area (Å²) in [6.07, 6.45) is -3.02. The Labute approximate surface area is 157 Å². The van der Waals surface area contributed by atoms with Crippen LogP contribution in [-0.4, -0.2) is 16.0 Å². The minimum absolute atomic E-state index is 0.0513. The summed E-state index contributed by atoms with van der Waals surface area (Å²) in [7, 11) is 0. The Bertz CT molecular complexity index is 1030. The van der Waals surface area contributed by atoms with Gasteiger partial charge in [0.15, 0.2) is 0 Å². The first kappa shape index (κ1) is 19.0. The second-order valence-electron chi connectivity index (χ2n) is 5.66. The van der Waals surface area contributed by atoms with Crippen molar-refractivity contribution in [2.24, 2.45) is 0 Å². The molecule has 5 nitrogen and oxygen atoms in total. The molecule has 1 N–H and O–H groups in total. The molecule has 3 rings (SSSR count). The lowest BCUT2D eigenvalue weighted by molar-refractivity contribution is -0.137. The van der Waals surface area contributed by atoms with Gasteiger partial charge < -0.3 is 10.1 Å². The topological polar surface area (TPSA) is 55.6 Å². The zero-order valence-corrected chi connectivity index (χ0v) is 14.9. The first-order valence-corrected chi connectivity index (χ1v) is 8.41. The number of fused-ring (bicyclic) bond motifs is 1. The van der Waals surface area contributed by atoms with Gasteiger partial charge in [0.25, 0.3) is 5.56 Å². The summed E-state index contributed by atoms with van der Waals surface area (Å²) < 4.78 is 45.6. The SMILES string of the molecule is CCOc1ccc(C(F)(F)F)cc1NCc1cc(=O)n2cc(Cl)ccc2n1. The van der Waals surface area contributed by atoms with Crippen molar-refractivity contribution < 1.29 is 17.9 Å². The average Bonchev–Trinajstić information content (AvgIpc) is 2.61. The van der Waals surface area contributed by atoms with Crippen LogP contribution in [0.1, 0.15) is 18.2 Å². The highest BCUT2D eigenvalue weighted by atomic mass is 35.5. The normalized spacial score (nSPS) is 11.6. The number of rotatable bonds is 5. The molecule has 27 heavy (non-hydrogen) atoms. The second-order valence-corrected chi connectivity index (χ2v) is 6.09. The maximum Gasteiger partial charge on any atom is 0.416 e. The number of alkyl halides is 3. The second kappa shape index (κ2) is 7.48. The third kappa shape index (κ3) is 4.33. The van der Waals surface area contributed by atoms with Crippen LogP contribution in [0.4, 0.5) is 18.9 Å². The van der Waals surface area contributed by atoms with Gasteiger partial charge in [-0.2, -0.15) is 13.2 Å². The fourth-order valence-electron chi connectivity index (χ4n) is 2.53. The van der Waals surface area contributed by atoms with E-state index in [1.807, 2.05) is 0 Å². The molecule has 0 spiro atoms. The lowest BCUT2D eigenvalue weighted by atomic mass is 10.1. The molecule has 0 fully saturated rings. The van der Waals surface area contributed by atoms with E-state index in [-0.39, 0.29) is 23.5 Å². The molecule has 0 saturated heterocycles. The Kier molecular flexibility index (Phi) is 5.27. The Morgan fingerprint density at radius 1 is 1.22 bits per heavy atom. The van der Waals surface area contributed by atoms with E-state index in [0.29, 0.717) is 23.0 Å². The largest absolute Gasteiger partial charge is 0.492 e. The Balaban J connectivity index is 1.90. The monoisotopic (exact) mass is 397 g/mol. The van der Waals surface area contributed by atoms with Gasteiger partial charge in [-0.3, -0.25) is 9.20 Å². The fourth-order valence-corrected chi connectivity index (χ4v) is 2.69. The standard InChI is InChI=1S/C18H15ClF3N3O2/c1-2-27-15-5-3-11(18(20,21)22)7-14(15)23-9-13-8-17(26)25-10-12(19)4-6-16(25)24-13/h3-8,10,23H,2,9H2,1H3. The van der Waals surface area contributed by atoms with Crippen molar-refractivity contribution in [1.29, 1.82) is 0 Å². The molecule has 1 aromatic carbocycles. The summed E-state index contributed by atoms with van der Waals surface area (Å²) in [4.78, 5) is 16.5. The van der Waals surface area contributed by atoms with Crippen molar-refractivity contribution in [3.8, 4) is 5.75 Å². The third-order valence-corrected chi connectivity index (χ3v) is 3.97. The van der Waals surface area contributed by atoms with Crippen molar-refractivity contribution in [3.05, 3.63) is 69.2 Å². The Morgan fingerprint density at radius 3 is 2.70 bits per heavy atom. The molecule has 142 valence electrons. The van der Waals surface area contributed by atoms with Crippen molar-refractivity contribution in [2.45, 2.75) is 19.6 Å². The van der Waals surface area contributed by atoms with Crippen LogP contribution in [0, 0.1) is 0 Å². The van der Waals surface area contributed by atoms with E-state index in [2.05, 4.69) is 10.3 Å². The number of hydrogen-bond acceptors (Lipinski definition) is 4. The lowest BCUT2D eigenvalue weighted by Gasteiger charge is -2.15. The molecule has 0 amide bonds. The molecule has 9 heteroatoms. The van der Waals surface area contributed by atoms with E-state index >= 15 is 0 Å². The maximum absolute atomic E-state index is 13.0. The smallest absolute Gasteiger partial charge is 0.416 e. The van der Waals surface area contributed by atoms with Gasteiger partial charge in [0.1, 0.15) is 11.4 Å². The maximum atomic E-state index is 13.0. The molecule has 0 aliphatic rings. The van der Waals surface area contributed by atoms with Crippen molar-refractivity contribution in [2.75, 3.05) is 11.9 Å². The zero-order chi connectivity index (χ0) is 19.6. The van der Waals surface area contributed by atoms with Crippen LogP contribution in [0.3, 0.4) is 0 Å². The molecule has 0 saturated carbocycles. The van der Waals surface area contributed by atoms with Gasteiger partial charge in [-0.1, -0.05) is 11.6 Å². The Hall–Kier alpha value is -2.74. The molecule has 0 aliphatic heterocycles. The molecule has 0 bridgehead atoms. The predicted molar refractivity (Wildman–Crippen MR) is 96.4 cm³/mol. The molecule has 3 aromatic rings. The zero-order valence-electron chi connectivity index (χ0n) is 14.2. The van der Waals surface area contributed by atoms with Crippen LogP contribution in [0.5, 0.6) is 5.75 Å². The van der Waals surface area contributed by atoms with Gasteiger partial charge in [-0.05, 0) is 37.3 Å². The quantitative estimate of drug-likeness (QED) is 0.694. The lowest BCUT2D eigenvalue weighted by Crippen LogP contribution is -2.17. The molecule has 0 unspecified atom stereocenters. The molecule has 2 aromatic heterocycles. The van der Waals surface area contributed by atoms with Gasteiger partial charge >= 0.3 is 6.18 Å². The van der Waals surface area contributed by atoms with E-state index in [9.17, 15) is 18.0 Å². The predicted octanol–water partition coefficient (Wildman–Crippen LogP) is 4.38. The van der Waals surface area contributed by atoms with Crippen LogP contribution < -0.4 is 15.6 Å². The average molecular weight is 398 g/mol. The van der Waals surface area contributed by atoms with Gasteiger partial charge in [0.2, 0.25) is 0 Å². The molecule has 0 atom stereocenters. The number of nitrogens with one attached hydrogen (secondary N) is 1. The molecular weight excluding hydrogens is 383 g/mol. The van der Waals surface area contributed by atoms with Gasteiger partial charge in [0.05, 0.1) is 35.1 Å².